The van der Waals surface area contributed by atoms with Crippen LogP contribution >= 0.6 is 23.8 Å². The SMILES string of the molecule is CCN1C(=S)N[C@H]2c3cc(Cl)ccc3O[C@@]1(C)[C@H]2C(=O)Nc1ccc(C)cc1C. The number of carbonyl (C=O) groups is 1. The zero-order valence-electron chi connectivity index (χ0n) is 16.9. The van der Waals surface area contributed by atoms with Gasteiger partial charge >= 0.3 is 0 Å². The van der Waals surface area contributed by atoms with Crippen molar-refractivity contribution in [2.24, 2.45) is 5.92 Å². The van der Waals surface area contributed by atoms with Gasteiger partial charge in [-0.2, -0.15) is 0 Å². The van der Waals surface area contributed by atoms with Crippen LogP contribution in [0.25, 0.3) is 0 Å². The van der Waals surface area contributed by atoms with E-state index in [1.54, 1.807) is 6.07 Å². The molecule has 29 heavy (non-hydrogen) atoms. The standard InChI is InChI=1S/C22H24ClN3O2S/c1-5-26-21(29)25-19-15-11-14(23)7-9-17(15)28-22(26,4)18(19)20(27)24-16-8-6-12(2)10-13(16)3/h6-11,18-19H,5H2,1-4H3,(H,24,27)(H,25,29)/t18-,19+,22+/m1/s1. The minimum Gasteiger partial charge on any atom is -0.467 e. The highest BCUT2D eigenvalue weighted by Gasteiger charge is 2.58. The average molecular weight is 430 g/mol. The fraction of sp³-hybridized carbons (Fsp3) is 0.364. The minimum absolute atomic E-state index is 0.122. The molecule has 2 aliphatic rings. The van der Waals surface area contributed by atoms with Gasteiger partial charge in [0.15, 0.2) is 10.8 Å². The molecule has 4 rings (SSSR count). The zero-order chi connectivity index (χ0) is 20.9. The summed E-state index contributed by atoms with van der Waals surface area (Å²) in [5.74, 6) is 0.0651. The lowest BCUT2D eigenvalue weighted by Crippen LogP contribution is -2.71. The Hall–Kier alpha value is -2.31. The Kier molecular flexibility index (Phi) is 4.95. The minimum atomic E-state index is -0.911. The summed E-state index contributed by atoms with van der Waals surface area (Å²) in [5.41, 5.74) is 2.90. The van der Waals surface area contributed by atoms with Crippen molar-refractivity contribution in [1.29, 1.82) is 0 Å². The number of anilines is 1. The molecule has 0 unspecified atom stereocenters. The third-order valence-corrected chi connectivity index (χ3v) is 6.41. The van der Waals surface area contributed by atoms with Gasteiger partial charge < -0.3 is 20.3 Å². The first kappa shape index (κ1) is 20.0. The maximum absolute atomic E-state index is 13.6. The predicted octanol–water partition coefficient (Wildman–Crippen LogP) is 4.57. The van der Waals surface area contributed by atoms with E-state index >= 15 is 0 Å². The Morgan fingerprint density at radius 1 is 1.31 bits per heavy atom. The molecule has 2 heterocycles. The topological polar surface area (TPSA) is 53.6 Å². The van der Waals surface area contributed by atoms with Gasteiger partial charge in [-0.3, -0.25) is 4.79 Å². The van der Waals surface area contributed by atoms with E-state index in [0.717, 1.165) is 22.4 Å². The van der Waals surface area contributed by atoms with Crippen LogP contribution in [0, 0.1) is 19.8 Å². The number of benzene rings is 2. The number of ether oxygens (including phenoxy) is 1. The average Bonchev–Trinajstić information content (AvgIpc) is 2.64. The Morgan fingerprint density at radius 2 is 2.07 bits per heavy atom. The molecule has 0 spiro atoms. The molecule has 3 atom stereocenters. The summed E-state index contributed by atoms with van der Waals surface area (Å²) < 4.78 is 6.42. The first-order chi connectivity index (χ1) is 13.7. The molecule has 2 aromatic rings. The number of nitrogens with zero attached hydrogens (tertiary/aromatic N) is 1. The number of hydrogen-bond donors (Lipinski definition) is 2. The van der Waals surface area contributed by atoms with E-state index < -0.39 is 11.6 Å². The Bertz CT molecular complexity index is 1010. The fourth-order valence-corrected chi connectivity index (χ4v) is 5.06. The molecule has 1 fully saturated rings. The van der Waals surface area contributed by atoms with Gasteiger partial charge in [0.05, 0.1) is 6.04 Å². The van der Waals surface area contributed by atoms with Crippen LogP contribution in [0.5, 0.6) is 5.75 Å². The number of nitrogens with one attached hydrogen (secondary N) is 2. The number of hydrogen-bond acceptors (Lipinski definition) is 3. The van der Waals surface area contributed by atoms with Crippen molar-refractivity contribution in [2.45, 2.75) is 39.5 Å². The lowest BCUT2D eigenvalue weighted by Gasteiger charge is -2.56. The maximum Gasteiger partial charge on any atom is 0.236 e. The number of rotatable bonds is 3. The number of fused-ring (bicyclic) bond motifs is 4. The van der Waals surface area contributed by atoms with Crippen LogP contribution < -0.4 is 15.4 Å². The molecule has 0 aromatic heterocycles. The smallest absolute Gasteiger partial charge is 0.236 e. The summed E-state index contributed by atoms with van der Waals surface area (Å²) in [7, 11) is 0. The van der Waals surface area contributed by atoms with Crippen LogP contribution in [0.15, 0.2) is 36.4 Å². The first-order valence-corrected chi connectivity index (χ1v) is 10.5. The van der Waals surface area contributed by atoms with Crippen LogP contribution in [-0.4, -0.2) is 28.2 Å². The van der Waals surface area contributed by atoms with Crippen LogP contribution in [0.4, 0.5) is 5.69 Å². The summed E-state index contributed by atoms with van der Waals surface area (Å²) in [6, 6.07) is 11.1. The van der Waals surface area contributed by atoms with E-state index in [9.17, 15) is 4.79 Å². The molecule has 7 heteroatoms. The molecule has 1 saturated heterocycles. The summed E-state index contributed by atoms with van der Waals surface area (Å²) >= 11 is 11.8. The monoisotopic (exact) mass is 429 g/mol. The molecule has 0 radical (unpaired) electrons. The third-order valence-electron chi connectivity index (χ3n) is 5.83. The fourth-order valence-electron chi connectivity index (χ4n) is 4.44. The maximum atomic E-state index is 13.6. The lowest BCUT2D eigenvalue weighted by molar-refractivity contribution is -0.148. The number of amides is 1. The zero-order valence-corrected chi connectivity index (χ0v) is 18.4. The van der Waals surface area contributed by atoms with Crippen molar-refractivity contribution < 1.29 is 9.53 Å². The molecule has 2 N–H and O–H groups in total. The van der Waals surface area contributed by atoms with Crippen molar-refractivity contribution in [3.63, 3.8) is 0 Å². The highest BCUT2D eigenvalue weighted by Crippen LogP contribution is 2.49. The molecule has 152 valence electrons. The highest BCUT2D eigenvalue weighted by molar-refractivity contribution is 7.80. The van der Waals surface area contributed by atoms with Crippen molar-refractivity contribution in [3.8, 4) is 5.75 Å². The summed E-state index contributed by atoms with van der Waals surface area (Å²) in [5, 5.41) is 7.62. The van der Waals surface area contributed by atoms with Crippen LogP contribution in [0.2, 0.25) is 5.02 Å². The number of thiocarbonyl (C=S) groups is 1. The van der Waals surface area contributed by atoms with Gasteiger partial charge in [0.1, 0.15) is 11.7 Å². The third kappa shape index (κ3) is 3.24. The molecule has 0 saturated carbocycles. The summed E-state index contributed by atoms with van der Waals surface area (Å²) in [6.07, 6.45) is 0. The van der Waals surface area contributed by atoms with E-state index in [1.165, 1.54) is 0 Å². The van der Waals surface area contributed by atoms with E-state index in [2.05, 4.69) is 16.7 Å². The number of carbonyl (C=O) groups excluding carboxylic acids is 1. The van der Waals surface area contributed by atoms with Gasteiger partial charge in [-0.15, -0.1) is 0 Å². The van der Waals surface area contributed by atoms with Gasteiger partial charge in [-0.1, -0.05) is 29.3 Å². The summed E-state index contributed by atoms with van der Waals surface area (Å²) in [6.45, 7) is 8.57. The second-order valence-corrected chi connectivity index (χ2v) is 8.62. The second-order valence-electron chi connectivity index (χ2n) is 7.80. The van der Waals surface area contributed by atoms with Gasteiger partial charge in [-0.05, 0) is 69.7 Å². The van der Waals surface area contributed by atoms with Crippen LogP contribution in [0.3, 0.4) is 0 Å². The van der Waals surface area contributed by atoms with Crippen molar-refractivity contribution >= 4 is 40.5 Å². The Balaban J connectivity index is 1.78. The molecule has 1 amide bonds. The van der Waals surface area contributed by atoms with Crippen molar-refractivity contribution in [2.75, 3.05) is 11.9 Å². The number of halogens is 1. The van der Waals surface area contributed by atoms with Crippen molar-refractivity contribution in [3.05, 3.63) is 58.1 Å². The van der Waals surface area contributed by atoms with Crippen LogP contribution in [-0.2, 0) is 4.79 Å². The van der Waals surface area contributed by atoms with Gasteiger partial charge in [0, 0.05) is 22.8 Å². The molecule has 2 bridgehead atoms. The molecular formula is C22H24ClN3O2S. The Labute approximate surface area is 181 Å². The van der Waals surface area contributed by atoms with Gasteiger partial charge in [-0.25, -0.2) is 0 Å². The largest absolute Gasteiger partial charge is 0.467 e. The van der Waals surface area contributed by atoms with E-state index in [1.807, 2.05) is 56.9 Å². The van der Waals surface area contributed by atoms with Crippen LogP contribution in [0.1, 0.15) is 36.6 Å². The van der Waals surface area contributed by atoms with Crippen molar-refractivity contribution in [1.82, 2.24) is 10.2 Å². The second kappa shape index (κ2) is 7.18. The van der Waals surface area contributed by atoms with E-state index in [-0.39, 0.29) is 11.9 Å². The first-order valence-electron chi connectivity index (χ1n) is 9.69. The van der Waals surface area contributed by atoms with Gasteiger partial charge in [0.2, 0.25) is 5.91 Å². The van der Waals surface area contributed by atoms with E-state index in [0.29, 0.717) is 22.4 Å². The number of aryl methyl sites for hydroxylation is 2. The van der Waals surface area contributed by atoms with E-state index in [4.69, 9.17) is 28.6 Å². The lowest BCUT2D eigenvalue weighted by atomic mass is 9.78. The quantitative estimate of drug-likeness (QED) is 0.700. The van der Waals surface area contributed by atoms with Gasteiger partial charge in [0.25, 0.3) is 0 Å². The molecule has 2 aromatic carbocycles. The normalized spacial score (nSPS) is 25.0. The predicted molar refractivity (Wildman–Crippen MR) is 119 cm³/mol. The Morgan fingerprint density at radius 3 is 2.76 bits per heavy atom. The molecule has 2 aliphatic heterocycles. The summed E-state index contributed by atoms with van der Waals surface area (Å²) in [4.78, 5) is 15.5. The highest BCUT2D eigenvalue weighted by atomic mass is 35.5. The molecule has 5 nitrogen and oxygen atoms in total. The molecule has 0 aliphatic carbocycles. The molecular weight excluding hydrogens is 406 g/mol.